The lowest BCUT2D eigenvalue weighted by molar-refractivity contribution is -0.532. The van der Waals surface area contributed by atoms with Crippen molar-refractivity contribution in [1.29, 1.82) is 0 Å². The molecule has 1 aromatic rings. The van der Waals surface area contributed by atoms with Gasteiger partial charge >= 0.3 is 0 Å². The molecule has 1 aromatic carbocycles. The number of hydroxylamine groups is 1. The summed E-state index contributed by atoms with van der Waals surface area (Å²) in [5.41, 5.74) is 0.865. The molecule has 17 heavy (non-hydrogen) atoms. The highest BCUT2D eigenvalue weighted by atomic mass is 16.5. The minimum Gasteiger partial charge on any atom is -0.624 e. The minimum atomic E-state index is -0.347. The van der Waals surface area contributed by atoms with Crippen LogP contribution in [0.1, 0.15) is 32.8 Å². The van der Waals surface area contributed by atoms with Crippen LogP contribution in [-0.2, 0) is 6.42 Å². The smallest absolute Gasteiger partial charge is 0.164 e. The maximum Gasteiger partial charge on any atom is 0.164 e. The summed E-state index contributed by atoms with van der Waals surface area (Å²) < 4.78 is 6.11. The van der Waals surface area contributed by atoms with E-state index in [9.17, 15) is 5.21 Å². The Morgan fingerprint density at radius 2 is 1.82 bits per heavy atom. The van der Waals surface area contributed by atoms with Gasteiger partial charge in [0.1, 0.15) is 5.75 Å². The van der Waals surface area contributed by atoms with Crippen LogP contribution in [0.4, 0.5) is 0 Å². The molecule has 3 nitrogen and oxygen atoms in total. The van der Waals surface area contributed by atoms with Crippen molar-refractivity contribution >= 4 is 6.21 Å². The molecule has 0 saturated heterocycles. The average molecular weight is 235 g/mol. The zero-order valence-electron chi connectivity index (χ0n) is 11.1. The first-order chi connectivity index (χ1) is 7.93. The van der Waals surface area contributed by atoms with E-state index in [2.05, 4.69) is 0 Å². The fourth-order valence-corrected chi connectivity index (χ4v) is 1.41. The van der Waals surface area contributed by atoms with E-state index in [1.54, 1.807) is 13.3 Å². The lowest BCUT2D eigenvalue weighted by atomic mass is 10.1. The van der Waals surface area contributed by atoms with Crippen LogP contribution in [0.15, 0.2) is 24.3 Å². The van der Waals surface area contributed by atoms with E-state index < -0.39 is 0 Å². The number of methoxy groups -OCH3 is 1. The molecule has 0 heterocycles. The molecule has 0 N–H and O–H groups in total. The van der Waals surface area contributed by atoms with E-state index in [1.807, 2.05) is 45.0 Å². The Balaban J connectivity index is 2.51. The molecule has 94 valence electrons. The molecule has 0 bridgehead atoms. The molecule has 0 radical (unpaired) electrons. The second-order valence-electron chi connectivity index (χ2n) is 5.07. The summed E-state index contributed by atoms with van der Waals surface area (Å²) in [7, 11) is 1.65. The third kappa shape index (κ3) is 4.47. The Hall–Kier alpha value is -1.51. The molecule has 0 aliphatic heterocycles. The van der Waals surface area contributed by atoms with Crippen molar-refractivity contribution in [1.82, 2.24) is 0 Å². The first-order valence-corrected chi connectivity index (χ1v) is 5.86. The summed E-state index contributed by atoms with van der Waals surface area (Å²) in [5, 5.41) is 11.6. The first kappa shape index (κ1) is 13.6. The lowest BCUT2D eigenvalue weighted by Crippen LogP contribution is -2.29. The van der Waals surface area contributed by atoms with Crippen molar-refractivity contribution < 1.29 is 9.48 Å². The summed E-state index contributed by atoms with van der Waals surface area (Å²) in [6, 6.07) is 7.93. The minimum absolute atomic E-state index is 0.347. The quantitative estimate of drug-likeness (QED) is 0.348. The molecule has 0 fully saturated rings. The highest BCUT2D eigenvalue weighted by Gasteiger charge is 2.17. The van der Waals surface area contributed by atoms with Crippen molar-refractivity contribution in [2.24, 2.45) is 0 Å². The molecule has 0 amide bonds. The zero-order chi connectivity index (χ0) is 12.9. The van der Waals surface area contributed by atoms with Crippen LogP contribution in [-0.4, -0.2) is 23.6 Å². The van der Waals surface area contributed by atoms with Gasteiger partial charge in [-0.3, -0.25) is 0 Å². The van der Waals surface area contributed by atoms with Gasteiger partial charge in [-0.2, -0.15) is 0 Å². The van der Waals surface area contributed by atoms with Crippen molar-refractivity contribution in [2.75, 3.05) is 7.11 Å². The van der Waals surface area contributed by atoms with Crippen molar-refractivity contribution in [3.8, 4) is 5.75 Å². The molecule has 0 aromatic heterocycles. The lowest BCUT2D eigenvalue weighted by Gasteiger charge is -2.18. The SMILES string of the molecule is COc1ccc(CCC=[N+]([O-])C(C)(C)C)cc1. The number of ether oxygens (including phenoxy) is 1. The van der Waals surface area contributed by atoms with E-state index in [0.717, 1.165) is 23.3 Å². The van der Waals surface area contributed by atoms with Crippen LogP contribution in [0.3, 0.4) is 0 Å². The predicted octanol–water partition coefficient (Wildman–Crippen LogP) is 3.01. The molecule has 1 rings (SSSR count). The highest BCUT2D eigenvalue weighted by molar-refractivity contribution is 5.52. The van der Waals surface area contributed by atoms with Crippen LogP contribution < -0.4 is 4.74 Å². The Kier molecular flexibility index (Phi) is 4.55. The van der Waals surface area contributed by atoms with Crippen molar-refractivity contribution in [2.45, 2.75) is 39.2 Å². The molecular formula is C14H21NO2. The zero-order valence-corrected chi connectivity index (χ0v) is 11.1. The van der Waals surface area contributed by atoms with Gasteiger partial charge < -0.3 is 9.94 Å². The summed E-state index contributed by atoms with van der Waals surface area (Å²) in [4.78, 5) is 0. The number of nitrogens with zero attached hydrogens (tertiary/aromatic N) is 1. The summed E-state index contributed by atoms with van der Waals surface area (Å²) in [6.45, 7) is 5.72. The van der Waals surface area contributed by atoms with E-state index >= 15 is 0 Å². The van der Waals surface area contributed by atoms with Gasteiger partial charge in [0, 0.05) is 27.2 Å². The van der Waals surface area contributed by atoms with Gasteiger partial charge in [0.2, 0.25) is 0 Å². The molecule has 0 unspecified atom stereocenters. The van der Waals surface area contributed by atoms with Gasteiger partial charge in [0.05, 0.1) is 7.11 Å². The summed E-state index contributed by atoms with van der Waals surface area (Å²) in [6.07, 6.45) is 3.34. The Labute approximate surface area is 103 Å². The normalized spacial score (nSPS) is 12.6. The molecule has 0 saturated carbocycles. The van der Waals surface area contributed by atoms with Crippen molar-refractivity contribution in [3.63, 3.8) is 0 Å². The maximum atomic E-state index is 11.6. The second-order valence-corrected chi connectivity index (χ2v) is 5.07. The number of hydrogen-bond acceptors (Lipinski definition) is 2. The van der Waals surface area contributed by atoms with E-state index in [4.69, 9.17) is 4.74 Å². The third-order valence-corrected chi connectivity index (χ3v) is 2.55. The van der Waals surface area contributed by atoms with Crippen LogP contribution >= 0.6 is 0 Å². The Morgan fingerprint density at radius 3 is 2.29 bits per heavy atom. The van der Waals surface area contributed by atoms with Crippen LogP contribution in [0.25, 0.3) is 0 Å². The highest BCUT2D eigenvalue weighted by Crippen LogP contribution is 2.12. The van der Waals surface area contributed by atoms with Gasteiger partial charge in [-0.1, -0.05) is 12.1 Å². The molecule has 0 atom stereocenters. The molecule has 3 heteroatoms. The van der Waals surface area contributed by atoms with E-state index in [0.29, 0.717) is 0 Å². The third-order valence-electron chi connectivity index (χ3n) is 2.55. The largest absolute Gasteiger partial charge is 0.624 e. The molecule has 0 spiro atoms. The van der Waals surface area contributed by atoms with Gasteiger partial charge in [-0.25, -0.2) is 4.74 Å². The standard InChI is InChI=1S/C14H21NO2/c1-14(2,3)15(16)11-5-6-12-7-9-13(17-4)10-8-12/h7-11H,5-6H2,1-4H3. The van der Waals surface area contributed by atoms with Crippen molar-refractivity contribution in [3.05, 3.63) is 35.0 Å². The van der Waals surface area contributed by atoms with Gasteiger partial charge in [-0.15, -0.1) is 0 Å². The molecular weight excluding hydrogens is 214 g/mol. The molecule has 0 aliphatic carbocycles. The second kappa shape index (κ2) is 5.71. The Morgan fingerprint density at radius 1 is 1.24 bits per heavy atom. The van der Waals surface area contributed by atoms with Crippen LogP contribution in [0.5, 0.6) is 5.75 Å². The van der Waals surface area contributed by atoms with Crippen LogP contribution in [0.2, 0.25) is 0 Å². The fourth-order valence-electron chi connectivity index (χ4n) is 1.41. The number of rotatable bonds is 4. The Bertz CT molecular complexity index is 374. The summed E-state index contributed by atoms with van der Waals surface area (Å²) in [5.74, 6) is 0.859. The number of benzene rings is 1. The maximum absolute atomic E-state index is 11.6. The van der Waals surface area contributed by atoms with Gasteiger partial charge in [-0.05, 0) is 24.1 Å². The first-order valence-electron chi connectivity index (χ1n) is 5.86. The topological polar surface area (TPSA) is 35.3 Å². The van der Waals surface area contributed by atoms with Gasteiger partial charge in [0.25, 0.3) is 0 Å². The monoisotopic (exact) mass is 235 g/mol. The van der Waals surface area contributed by atoms with Crippen LogP contribution in [0, 0.1) is 5.21 Å². The number of hydrogen-bond donors (Lipinski definition) is 0. The fraction of sp³-hybridized carbons (Fsp3) is 0.500. The van der Waals surface area contributed by atoms with Gasteiger partial charge in [0.15, 0.2) is 11.8 Å². The van der Waals surface area contributed by atoms with E-state index in [-0.39, 0.29) is 5.54 Å². The van der Waals surface area contributed by atoms with E-state index in [1.165, 1.54) is 5.56 Å². The predicted molar refractivity (Wildman–Crippen MR) is 70.8 cm³/mol. The average Bonchev–Trinajstić information content (AvgIpc) is 2.28. The molecule has 0 aliphatic rings. The summed E-state index contributed by atoms with van der Waals surface area (Å²) >= 11 is 0. The number of aryl methyl sites for hydroxylation is 1.